The molecule has 1 aliphatic heterocycles. The molecular formula is C9H13N3O. The van der Waals surface area contributed by atoms with Crippen LogP contribution in [0.4, 0.5) is 5.69 Å². The minimum absolute atomic E-state index is 0.172. The van der Waals surface area contributed by atoms with E-state index in [-0.39, 0.29) is 5.56 Å². The summed E-state index contributed by atoms with van der Waals surface area (Å²) < 4.78 is 0. The Morgan fingerprint density at radius 1 is 1.62 bits per heavy atom. The molecule has 0 saturated heterocycles. The predicted octanol–water partition coefficient (Wildman–Crippen LogP) is -0.0550. The molecule has 0 bridgehead atoms. The van der Waals surface area contributed by atoms with E-state index in [4.69, 9.17) is 5.73 Å². The average molecular weight is 179 g/mol. The lowest BCUT2D eigenvalue weighted by Gasteiger charge is -2.24. The van der Waals surface area contributed by atoms with Crippen LogP contribution in [0.15, 0.2) is 10.9 Å². The molecule has 0 fully saturated rings. The van der Waals surface area contributed by atoms with E-state index in [9.17, 15) is 4.79 Å². The summed E-state index contributed by atoms with van der Waals surface area (Å²) in [6, 6.07) is 1.79. The maximum Gasteiger partial charge on any atom is 0.271 e. The van der Waals surface area contributed by atoms with Crippen LogP contribution in [-0.4, -0.2) is 23.5 Å². The first kappa shape index (κ1) is 8.31. The van der Waals surface area contributed by atoms with Crippen molar-refractivity contribution in [2.75, 3.05) is 19.3 Å². The van der Waals surface area contributed by atoms with Crippen LogP contribution in [0.2, 0.25) is 0 Å². The van der Waals surface area contributed by atoms with Crippen molar-refractivity contribution in [2.45, 2.75) is 13.0 Å². The Bertz CT molecular complexity index is 383. The Hall–Kier alpha value is -1.29. The fraction of sp³-hybridized carbons (Fsp3) is 0.444. The summed E-state index contributed by atoms with van der Waals surface area (Å²) in [5, 5.41) is 0. The van der Waals surface area contributed by atoms with Crippen LogP contribution < -0.4 is 11.3 Å². The van der Waals surface area contributed by atoms with Gasteiger partial charge in [-0.1, -0.05) is 0 Å². The van der Waals surface area contributed by atoms with E-state index in [2.05, 4.69) is 9.88 Å². The van der Waals surface area contributed by atoms with Crippen LogP contribution in [-0.2, 0) is 13.0 Å². The van der Waals surface area contributed by atoms with Gasteiger partial charge in [-0.15, -0.1) is 0 Å². The lowest BCUT2D eigenvalue weighted by atomic mass is 10.1. The number of pyridine rings is 1. The third-order valence-electron chi connectivity index (χ3n) is 2.43. The molecule has 4 heteroatoms. The maximum atomic E-state index is 11.2. The largest absolute Gasteiger partial charge is 0.394 e. The lowest BCUT2D eigenvalue weighted by Crippen LogP contribution is -2.30. The number of hydrogen-bond acceptors (Lipinski definition) is 3. The molecule has 0 aromatic carbocycles. The van der Waals surface area contributed by atoms with Crippen LogP contribution in [0.1, 0.15) is 11.3 Å². The molecule has 2 rings (SSSR count). The molecule has 0 aliphatic carbocycles. The maximum absolute atomic E-state index is 11.2. The monoisotopic (exact) mass is 179 g/mol. The highest BCUT2D eigenvalue weighted by Crippen LogP contribution is 2.15. The van der Waals surface area contributed by atoms with E-state index in [0.29, 0.717) is 5.69 Å². The van der Waals surface area contributed by atoms with E-state index in [1.165, 1.54) is 5.56 Å². The van der Waals surface area contributed by atoms with E-state index in [1.807, 2.05) is 7.05 Å². The van der Waals surface area contributed by atoms with Crippen molar-refractivity contribution in [3.8, 4) is 0 Å². The summed E-state index contributed by atoms with van der Waals surface area (Å²) in [5.41, 5.74) is 7.85. The average Bonchev–Trinajstić information content (AvgIpc) is 2.08. The number of anilines is 1. The SMILES string of the molecule is CN1CCc2cc(N)c(=O)[nH]c2C1. The van der Waals surface area contributed by atoms with Crippen LogP contribution >= 0.6 is 0 Å². The highest BCUT2D eigenvalue weighted by atomic mass is 16.1. The second-order valence-electron chi connectivity index (χ2n) is 3.55. The number of aromatic nitrogens is 1. The summed E-state index contributed by atoms with van der Waals surface area (Å²) in [6.07, 6.45) is 0.965. The van der Waals surface area contributed by atoms with Gasteiger partial charge < -0.3 is 15.6 Å². The molecule has 1 aromatic rings. The highest BCUT2D eigenvalue weighted by Gasteiger charge is 2.14. The zero-order valence-corrected chi connectivity index (χ0v) is 7.63. The van der Waals surface area contributed by atoms with Crippen molar-refractivity contribution in [1.29, 1.82) is 0 Å². The minimum atomic E-state index is -0.172. The lowest BCUT2D eigenvalue weighted by molar-refractivity contribution is 0.307. The van der Waals surface area contributed by atoms with Gasteiger partial charge in [0, 0.05) is 18.8 Å². The van der Waals surface area contributed by atoms with Gasteiger partial charge in [-0.05, 0) is 25.1 Å². The van der Waals surface area contributed by atoms with Crippen LogP contribution in [0.5, 0.6) is 0 Å². The number of nitrogens with one attached hydrogen (secondary N) is 1. The summed E-state index contributed by atoms with van der Waals surface area (Å²) in [5.74, 6) is 0. The number of likely N-dealkylation sites (N-methyl/N-ethyl adjacent to an activating group) is 1. The highest BCUT2D eigenvalue weighted by molar-refractivity contribution is 5.40. The Morgan fingerprint density at radius 2 is 2.38 bits per heavy atom. The number of rotatable bonds is 0. The molecule has 0 unspecified atom stereocenters. The van der Waals surface area contributed by atoms with Crippen molar-refractivity contribution in [1.82, 2.24) is 9.88 Å². The van der Waals surface area contributed by atoms with Crippen LogP contribution in [0.3, 0.4) is 0 Å². The molecule has 3 N–H and O–H groups in total. The summed E-state index contributed by atoms with van der Waals surface area (Å²) >= 11 is 0. The first-order valence-corrected chi connectivity index (χ1v) is 4.36. The second kappa shape index (κ2) is 2.88. The van der Waals surface area contributed by atoms with Gasteiger partial charge in [0.1, 0.15) is 0 Å². The van der Waals surface area contributed by atoms with Crippen LogP contribution in [0, 0.1) is 0 Å². The van der Waals surface area contributed by atoms with Gasteiger partial charge in [-0.3, -0.25) is 4.79 Å². The Morgan fingerprint density at radius 3 is 3.15 bits per heavy atom. The number of nitrogens with zero attached hydrogens (tertiary/aromatic N) is 1. The summed E-state index contributed by atoms with van der Waals surface area (Å²) in [6.45, 7) is 1.84. The first-order valence-electron chi connectivity index (χ1n) is 4.36. The van der Waals surface area contributed by atoms with Gasteiger partial charge in [0.25, 0.3) is 5.56 Å². The molecule has 2 heterocycles. The molecule has 0 atom stereocenters. The quantitative estimate of drug-likeness (QED) is 0.586. The molecule has 1 aromatic heterocycles. The standard InChI is InChI=1S/C9H13N3O/c1-12-3-2-6-4-7(10)9(13)11-8(6)5-12/h4H,2-3,5,10H2,1H3,(H,11,13). The van der Waals surface area contributed by atoms with Crippen molar-refractivity contribution >= 4 is 5.69 Å². The third kappa shape index (κ3) is 1.45. The van der Waals surface area contributed by atoms with Gasteiger partial charge in [-0.2, -0.15) is 0 Å². The van der Waals surface area contributed by atoms with Crippen molar-refractivity contribution in [2.24, 2.45) is 0 Å². The number of aromatic amines is 1. The van der Waals surface area contributed by atoms with Crippen LogP contribution in [0.25, 0.3) is 0 Å². The van der Waals surface area contributed by atoms with Gasteiger partial charge in [0.05, 0.1) is 5.69 Å². The van der Waals surface area contributed by atoms with Crippen molar-refractivity contribution < 1.29 is 0 Å². The summed E-state index contributed by atoms with van der Waals surface area (Å²) in [7, 11) is 2.04. The van der Waals surface area contributed by atoms with Gasteiger partial charge >= 0.3 is 0 Å². The molecule has 4 nitrogen and oxygen atoms in total. The smallest absolute Gasteiger partial charge is 0.271 e. The second-order valence-corrected chi connectivity index (χ2v) is 3.55. The fourth-order valence-electron chi connectivity index (χ4n) is 1.65. The molecule has 0 spiro atoms. The molecule has 1 aliphatic rings. The molecule has 13 heavy (non-hydrogen) atoms. The zero-order valence-electron chi connectivity index (χ0n) is 7.63. The number of hydrogen-bond donors (Lipinski definition) is 2. The van der Waals surface area contributed by atoms with E-state index in [1.54, 1.807) is 6.07 Å². The first-order chi connectivity index (χ1) is 6.16. The van der Waals surface area contributed by atoms with E-state index < -0.39 is 0 Å². The number of fused-ring (bicyclic) bond motifs is 1. The number of nitrogen functional groups attached to an aromatic ring is 1. The normalized spacial score (nSPS) is 17.0. The molecule has 0 saturated carbocycles. The Balaban J connectivity index is 2.49. The molecular weight excluding hydrogens is 166 g/mol. The van der Waals surface area contributed by atoms with E-state index >= 15 is 0 Å². The molecule has 70 valence electrons. The molecule has 0 amide bonds. The van der Waals surface area contributed by atoms with Gasteiger partial charge in [0.15, 0.2) is 0 Å². The fourth-order valence-corrected chi connectivity index (χ4v) is 1.65. The number of H-pyrrole nitrogens is 1. The topological polar surface area (TPSA) is 62.1 Å². The van der Waals surface area contributed by atoms with Gasteiger partial charge in [0.2, 0.25) is 0 Å². The minimum Gasteiger partial charge on any atom is -0.394 e. The number of nitrogens with two attached hydrogens (primary N) is 1. The Labute approximate surface area is 76.4 Å². The Kier molecular flexibility index (Phi) is 1.84. The molecule has 0 radical (unpaired) electrons. The predicted molar refractivity (Wildman–Crippen MR) is 51.5 cm³/mol. The van der Waals surface area contributed by atoms with E-state index in [0.717, 1.165) is 25.2 Å². The third-order valence-corrected chi connectivity index (χ3v) is 2.43. The van der Waals surface area contributed by atoms with Gasteiger partial charge in [-0.25, -0.2) is 0 Å². The van der Waals surface area contributed by atoms with Crippen molar-refractivity contribution in [3.63, 3.8) is 0 Å². The summed E-state index contributed by atoms with van der Waals surface area (Å²) in [4.78, 5) is 16.2. The van der Waals surface area contributed by atoms with Crippen molar-refractivity contribution in [3.05, 3.63) is 27.7 Å². The zero-order chi connectivity index (χ0) is 9.42.